The van der Waals surface area contributed by atoms with Gasteiger partial charge in [-0.25, -0.2) is 0 Å². The predicted octanol–water partition coefficient (Wildman–Crippen LogP) is 3.48. The van der Waals surface area contributed by atoms with E-state index in [1.54, 1.807) is 30.5 Å². The number of pyridine rings is 1. The number of amides is 1. The first-order valence-corrected chi connectivity index (χ1v) is 8.01. The first-order chi connectivity index (χ1) is 11.5. The Bertz CT molecular complexity index is 975. The van der Waals surface area contributed by atoms with Crippen LogP contribution in [0.1, 0.15) is 30.0 Å². The second-order valence-electron chi connectivity index (χ2n) is 5.31. The monoisotopic (exact) mass is 345 g/mol. The number of fused-ring (bicyclic) bond motifs is 1. The standard InChI is InChI=1S/C17H16ClN3O3/c1-3-11-8-15(20-24-11)19-17(23)13-9-21(4-2)14-6-5-10(18)7-12(14)16(13)22/h5-9H,3-4H2,1-2H3,(H,19,20,23). The van der Waals surface area contributed by atoms with Crippen LogP contribution >= 0.6 is 11.6 Å². The molecule has 0 saturated carbocycles. The second kappa shape index (κ2) is 6.49. The van der Waals surface area contributed by atoms with Gasteiger partial charge < -0.3 is 14.4 Å². The van der Waals surface area contributed by atoms with Crippen LogP contribution in [0.2, 0.25) is 5.02 Å². The maximum atomic E-state index is 12.7. The summed E-state index contributed by atoms with van der Waals surface area (Å²) in [5.41, 5.74) is 0.403. The summed E-state index contributed by atoms with van der Waals surface area (Å²) in [5, 5.41) is 7.22. The fourth-order valence-corrected chi connectivity index (χ4v) is 2.69. The number of benzene rings is 1. The largest absolute Gasteiger partial charge is 0.359 e. The van der Waals surface area contributed by atoms with Crippen molar-refractivity contribution in [2.45, 2.75) is 26.8 Å². The average Bonchev–Trinajstić information content (AvgIpc) is 3.03. The number of anilines is 1. The predicted molar refractivity (Wildman–Crippen MR) is 92.7 cm³/mol. The zero-order valence-electron chi connectivity index (χ0n) is 13.3. The van der Waals surface area contributed by atoms with Crippen LogP contribution in [0, 0.1) is 0 Å². The van der Waals surface area contributed by atoms with Crippen LogP contribution in [0.25, 0.3) is 10.9 Å². The normalized spacial score (nSPS) is 11.0. The minimum absolute atomic E-state index is 0.0349. The van der Waals surface area contributed by atoms with E-state index in [2.05, 4.69) is 10.5 Å². The number of nitrogens with zero attached hydrogens (tertiary/aromatic N) is 2. The number of aryl methyl sites for hydroxylation is 2. The third kappa shape index (κ3) is 2.92. The number of rotatable bonds is 4. The fraction of sp³-hybridized carbons (Fsp3) is 0.235. The molecule has 0 aliphatic rings. The van der Waals surface area contributed by atoms with Gasteiger partial charge in [-0.2, -0.15) is 0 Å². The molecule has 6 nitrogen and oxygen atoms in total. The summed E-state index contributed by atoms with van der Waals surface area (Å²) in [4.78, 5) is 25.2. The van der Waals surface area contributed by atoms with Gasteiger partial charge in [0.15, 0.2) is 5.82 Å². The Morgan fingerprint density at radius 1 is 1.33 bits per heavy atom. The van der Waals surface area contributed by atoms with Crippen molar-refractivity contribution in [1.82, 2.24) is 9.72 Å². The van der Waals surface area contributed by atoms with Gasteiger partial charge in [0.05, 0.1) is 5.52 Å². The number of nitrogens with one attached hydrogen (secondary N) is 1. The molecule has 7 heteroatoms. The molecule has 1 aromatic carbocycles. The van der Waals surface area contributed by atoms with Crippen LogP contribution in [-0.2, 0) is 13.0 Å². The summed E-state index contributed by atoms with van der Waals surface area (Å²) in [6, 6.07) is 6.70. The van der Waals surface area contributed by atoms with Gasteiger partial charge in [-0.05, 0) is 25.1 Å². The van der Waals surface area contributed by atoms with Crippen molar-refractivity contribution in [2.75, 3.05) is 5.32 Å². The Kier molecular flexibility index (Phi) is 4.40. The lowest BCUT2D eigenvalue weighted by molar-refractivity contribution is 0.102. The van der Waals surface area contributed by atoms with E-state index in [1.807, 2.05) is 18.4 Å². The Morgan fingerprint density at radius 2 is 2.12 bits per heavy atom. The molecule has 1 amide bonds. The number of carbonyl (C=O) groups excluding carboxylic acids is 1. The zero-order chi connectivity index (χ0) is 17.3. The Morgan fingerprint density at radius 3 is 2.79 bits per heavy atom. The number of halogens is 1. The molecular weight excluding hydrogens is 330 g/mol. The van der Waals surface area contributed by atoms with Gasteiger partial charge in [0.2, 0.25) is 5.43 Å². The fourth-order valence-electron chi connectivity index (χ4n) is 2.52. The zero-order valence-corrected chi connectivity index (χ0v) is 14.1. The van der Waals surface area contributed by atoms with Crippen molar-refractivity contribution in [3.8, 4) is 0 Å². The van der Waals surface area contributed by atoms with Gasteiger partial charge in [-0.15, -0.1) is 0 Å². The molecule has 0 radical (unpaired) electrons. The SMILES string of the molecule is CCc1cc(NC(=O)c2cn(CC)c3ccc(Cl)cc3c2=O)no1. The second-order valence-corrected chi connectivity index (χ2v) is 5.74. The third-order valence-corrected chi connectivity index (χ3v) is 4.01. The van der Waals surface area contributed by atoms with Gasteiger partial charge >= 0.3 is 0 Å². The van der Waals surface area contributed by atoms with E-state index in [9.17, 15) is 9.59 Å². The summed E-state index contributed by atoms with van der Waals surface area (Å²) < 4.78 is 6.88. The van der Waals surface area contributed by atoms with Gasteiger partial charge in [-0.3, -0.25) is 9.59 Å². The van der Waals surface area contributed by atoms with Crippen LogP contribution in [0.5, 0.6) is 0 Å². The van der Waals surface area contributed by atoms with Crippen molar-refractivity contribution in [2.24, 2.45) is 0 Å². The quantitative estimate of drug-likeness (QED) is 0.785. The minimum Gasteiger partial charge on any atom is -0.359 e. The highest BCUT2D eigenvalue weighted by Crippen LogP contribution is 2.18. The number of hydrogen-bond donors (Lipinski definition) is 1. The van der Waals surface area contributed by atoms with Crippen molar-refractivity contribution in [3.63, 3.8) is 0 Å². The summed E-state index contributed by atoms with van der Waals surface area (Å²) in [6.45, 7) is 4.47. The molecular formula is C17H16ClN3O3. The molecule has 0 unspecified atom stereocenters. The van der Waals surface area contributed by atoms with Gasteiger partial charge in [-0.1, -0.05) is 23.7 Å². The van der Waals surface area contributed by atoms with E-state index in [0.717, 1.165) is 5.52 Å². The maximum absolute atomic E-state index is 12.7. The molecule has 3 rings (SSSR count). The third-order valence-electron chi connectivity index (χ3n) is 3.78. The molecule has 0 saturated heterocycles. The topological polar surface area (TPSA) is 77.1 Å². The van der Waals surface area contributed by atoms with Crippen molar-refractivity contribution >= 4 is 34.2 Å². The molecule has 3 aromatic rings. The van der Waals surface area contributed by atoms with Crippen LogP contribution in [0.4, 0.5) is 5.82 Å². The number of carbonyl (C=O) groups is 1. The highest BCUT2D eigenvalue weighted by Gasteiger charge is 2.17. The molecule has 0 aliphatic heterocycles. The van der Waals surface area contributed by atoms with E-state index >= 15 is 0 Å². The van der Waals surface area contributed by atoms with Gasteiger partial charge in [0.25, 0.3) is 5.91 Å². The van der Waals surface area contributed by atoms with Gasteiger partial charge in [0.1, 0.15) is 11.3 Å². The minimum atomic E-state index is -0.528. The summed E-state index contributed by atoms with van der Waals surface area (Å²) >= 11 is 6.00. The Balaban J connectivity index is 2.06. The highest BCUT2D eigenvalue weighted by atomic mass is 35.5. The van der Waals surface area contributed by atoms with Crippen LogP contribution in [0.3, 0.4) is 0 Å². The van der Waals surface area contributed by atoms with Crippen LogP contribution in [-0.4, -0.2) is 15.6 Å². The van der Waals surface area contributed by atoms with E-state index in [1.165, 1.54) is 0 Å². The van der Waals surface area contributed by atoms with E-state index < -0.39 is 5.91 Å². The lowest BCUT2D eigenvalue weighted by Gasteiger charge is -2.11. The van der Waals surface area contributed by atoms with E-state index in [0.29, 0.717) is 29.1 Å². The molecule has 2 heterocycles. The van der Waals surface area contributed by atoms with Crippen molar-refractivity contribution < 1.29 is 9.32 Å². The Hall–Kier alpha value is -2.60. The lowest BCUT2D eigenvalue weighted by Crippen LogP contribution is -2.24. The summed E-state index contributed by atoms with van der Waals surface area (Å²) in [5.74, 6) is 0.409. The lowest BCUT2D eigenvalue weighted by atomic mass is 10.1. The first-order valence-electron chi connectivity index (χ1n) is 7.63. The molecule has 1 N–H and O–H groups in total. The number of aromatic nitrogens is 2. The molecule has 0 bridgehead atoms. The molecule has 0 aliphatic carbocycles. The first kappa shape index (κ1) is 16.3. The highest BCUT2D eigenvalue weighted by molar-refractivity contribution is 6.31. The maximum Gasteiger partial charge on any atom is 0.262 e. The van der Waals surface area contributed by atoms with E-state index in [-0.39, 0.29) is 16.8 Å². The molecule has 124 valence electrons. The van der Waals surface area contributed by atoms with Crippen LogP contribution < -0.4 is 10.7 Å². The molecule has 0 atom stereocenters. The molecule has 2 aromatic heterocycles. The van der Waals surface area contributed by atoms with Crippen LogP contribution in [0.15, 0.2) is 39.8 Å². The van der Waals surface area contributed by atoms with Crippen molar-refractivity contribution in [1.29, 1.82) is 0 Å². The summed E-state index contributed by atoms with van der Waals surface area (Å²) in [7, 11) is 0. The number of hydrogen-bond acceptors (Lipinski definition) is 4. The Labute approximate surface area is 143 Å². The molecule has 24 heavy (non-hydrogen) atoms. The summed E-state index contributed by atoms with van der Waals surface area (Å²) in [6.07, 6.45) is 2.22. The molecule has 0 fully saturated rings. The molecule has 0 spiro atoms. The average molecular weight is 346 g/mol. The van der Waals surface area contributed by atoms with Gasteiger partial charge in [0, 0.05) is 35.6 Å². The smallest absolute Gasteiger partial charge is 0.262 e. The van der Waals surface area contributed by atoms with Crippen molar-refractivity contribution in [3.05, 3.63) is 57.0 Å². The van der Waals surface area contributed by atoms with E-state index in [4.69, 9.17) is 16.1 Å².